The largest absolute Gasteiger partial charge is 0.490 e. The van der Waals surface area contributed by atoms with E-state index in [0.717, 1.165) is 10.0 Å². The predicted molar refractivity (Wildman–Crippen MR) is 133 cm³/mol. The summed E-state index contributed by atoms with van der Waals surface area (Å²) >= 11 is 3.43. The van der Waals surface area contributed by atoms with Crippen molar-refractivity contribution < 1.29 is 28.9 Å². The average Bonchev–Trinajstić information content (AvgIpc) is 2.83. The van der Waals surface area contributed by atoms with Gasteiger partial charge >= 0.3 is 12.0 Å². The number of aliphatic hydroxyl groups excluding tert-OH is 1. The lowest BCUT2D eigenvalue weighted by Crippen LogP contribution is -2.45. The van der Waals surface area contributed by atoms with E-state index >= 15 is 0 Å². The number of ether oxygens (including phenoxy) is 3. The fourth-order valence-corrected chi connectivity index (χ4v) is 3.78. The molecule has 0 aliphatic carbocycles. The van der Waals surface area contributed by atoms with Gasteiger partial charge in [0.15, 0.2) is 17.7 Å². The van der Waals surface area contributed by atoms with Crippen LogP contribution in [0.5, 0.6) is 11.5 Å². The van der Waals surface area contributed by atoms with Gasteiger partial charge in [0.1, 0.15) is 6.61 Å². The van der Waals surface area contributed by atoms with Gasteiger partial charge < -0.3 is 30.0 Å². The highest BCUT2D eigenvalue weighted by Crippen LogP contribution is 2.34. The third kappa shape index (κ3) is 6.74. The Labute approximate surface area is 211 Å². The molecule has 11 heteroatoms. The van der Waals surface area contributed by atoms with Gasteiger partial charge in [0.05, 0.1) is 31.5 Å². The van der Waals surface area contributed by atoms with Crippen LogP contribution in [0.15, 0.2) is 63.3 Å². The van der Waals surface area contributed by atoms with Gasteiger partial charge in [-0.15, -0.1) is 0 Å². The second-order valence-electron chi connectivity index (χ2n) is 7.44. The predicted octanol–water partition coefficient (Wildman–Crippen LogP) is 2.97. The molecule has 0 unspecified atom stereocenters. The number of urea groups is 1. The Balaban J connectivity index is 1.72. The average molecular weight is 547 g/mol. The number of amides is 2. The zero-order valence-corrected chi connectivity index (χ0v) is 21.1. The Morgan fingerprint density at radius 1 is 1.26 bits per heavy atom. The van der Waals surface area contributed by atoms with Gasteiger partial charge in [-0.05, 0) is 37.6 Å². The van der Waals surface area contributed by atoms with E-state index in [9.17, 15) is 14.7 Å². The van der Waals surface area contributed by atoms with Crippen molar-refractivity contribution in [3.8, 4) is 11.5 Å². The van der Waals surface area contributed by atoms with Gasteiger partial charge in [0.2, 0.25) is 0 Å². The van der Waals surface area contributed by atoms with Crippen LogP contribution in [0.1, 0.15) is 31.0 Å². The molecule has 35 heavy (non-hydrogen) atoms. The Hall–Kier alpha value is -3.57. The molecule has 0 fully saturated rings. The van der Waals surface area contributed by atoms with Crippen LogP contribution in [-0.2, 0) is 9.53 Å². The van der Waals surface area contributed by atoms with Gasteiger partial charge in [-0.2, -0.15) is 5.10 Å². The molecule has 0 bridgehead atoms. The molecule has 4 N–H and O–H groups in total. The van der Waals surface area contributed by atoms with E-state index in [0.29, 0.717) is 29.4 Å². The van der Waals surface area contributed by atoms with Gasteiger partial charge in [-0.3, -0.25) is 5.43 Å². The van der Waals surface area contributed by atoms with Gasteiger partial charge in [0.25, 0.3) is 0 Å². The van der Waals surface area contributed by atoms with Crippen LogP contribution >= 0.6 is 15.9 Å². The quantitative estimate of drug-likeness (QED) is 0.156. The Bertz CT molecular complexity index is 1140. The first kappa shape index (κ1) is 26.0. The number of benzene rings is 2. The molecule has 2 aromatic rings. The number of hydrogen-bond acceptors (Lipinski definition) is 8. The van der Waals surface area contributed by atoms with Crippen molar-refractivity contribution in [2.45, 2.75) is 26.1 Å². The Kier molecular flexibility index (Phi) is 9.10. The topological polar surface area (TPSA) is 131 Å². The minimum atomic E-state index is -1.08. The molecule has 1 heterocycles. The van der Waals surface area contributed by atoms with E-state index in [2.05, 4.69) is 37.1 Å². The molecule has 3 rings (SSSR count). The van der Waals surface area contributed by atoms with Crippen molar-refractivity contribution in [1.29, 1.82) is 0 Å². The van der Waals surface area contributed by atoms with Gasteiger partial charge in [0, 0.05) is 15.7 Å². The maximum Gasteiger partial charge on any atom is 0.337 e. The highest BCUT2D eigenvalue weighted by atomic mass is 79.9. The molecule has 2 amide bonds. The lowest BCUT2D eigenvalue weighted by Gasteiger charge is -2.28. The molecule has 186 valence electrons. The lowest BCUT2D eigenvalue weighted by molar-refractivity contribution is -0.136. The summed E-state index contributed by atoms with van der Waals surface area (Å²) in [4.78, 5) is 24.4. The second-order valence-corrected chi connectivity index (χ2v) is 8.29. The molecule has 1 aliphatic rings. The van der Waals surface area contributed by atoms with Gasteiger partial charge in [-0.1, -0.05) is 40.2 Å². The molecule has 0 spiro atoms. The normalized spacial score (nSPS) is 16.4. The fourth-order valence-electron chi connectivity index (χ4n) is 3.39. The van der Waals surface area contributed by atoms with Crippen molar-refractivity contribution in [3.05, 3.63) is 69.3 Å². The molecule has 0 saturated carbocycles. The van der Waals surface area contributed by atoms with E-state index in [4.69, 9.17) is 14.2 Å². The number of aliphatic hydroxyl groups is 1. The number of halogens is 1. The molecule has 0 aromatic heterocycles. The third-order valence-corrected chi connectivity index (χ3v) is 5.73. The van der Waals surface area contributed by atoms with Crippen LogP contribution in [-0.4, -0.2) is 49.9 Å². The fraction of sp³-hybridized carbons (Fsp3) is 0.292. The summed E-state index contributed by atoms with van der Waals surface area (Å²) in [5.74, 6) is 0.214. The number of carbonyl (C=O) groups is 2. The van der Waals surface area contributed by atoms with Crippen molar-refractivity contribution in [2.75, 3.05) is 20.3 Å². The summed E-state index contributed by atoms with van der Waals surface area (Å²) < 4.78 is 17.2. The molecule has 1 aliphatic heterocycles. The number of rotatable bonds is 10. The number of allylic oxidation sites excluding steroid dienone is 1. The highest BCUT2D eigenvalue weighted by molar-refractivity contribution is 9.10. The molecule has 2 aromatic carbocycles. The third-order valence-electron chi connectivity index (χ3n) is 5.00. The standard InChI is InChI=1S/C24H27BrN4O6/c1-4-34-19-11-15(22-21(23(31)33-3)14(2)27-24(32)28-22)9-10-18(19)35-13-20(30)29-26-12-16-7-5-6-8-17(16)25/h5-12,20,22,29-30H,4,13H2,1-3H3,(H2,27,28,32)/b26-12-/t20-,22-/m0/s1. The number of esters is 1. The number of hydrogen-bond donors (Lipinski definition) is 4. The second kappa shape index (κ2) is 12.2. The Morgan fingerprint density at radius 3 is 2.74 bits per heavy atom. The maximum atomic E-state index is 12.3. The summed E-state index contributed by atoms with van der Waals surface area (Å²) in [6.07, 6.45) is 0.498. The van der Waals surface area contributed by atoms with Crippen LogP contribution in [0.4, 0.5) is 4.79 Å². The van der Waals surface area contributed by atoms with Crippen molar-refractivity contribution >= 4 is 34.1 Å². The van der Waals surface area contributed by atoms with Crippen LogP contribution in [0.3, 0.4) is 0 Å². The van der Waals surface area contributed by atoms with E-state index in [1.807, 2.05) is 31.2 Å². The van der Waals surface area contributed by atoms with E-state index in [1.165, 1.54) is 7.11 Å². The molecule has 0 radical (unpaired) electrons. The monoisotopic (exact) mass is 546 g/mol. The van der Waals surface area contributed by atoms with E-state index in [1.54, 1.807) is 31.3 Å². The zero-order valence-electron chi connectivity index (χ0n) is 19.5. The zero-order chi connectivity index (χ0) is 25.4. The number of nitrogens with one attached hydrogen (secondary N) is 3. The summed E-state index contributed by atoms with van der Waals surface area (Å²) in [7, 11) is 1.28. The minimum Gasteiger partial charge on any atom is -0.490 e. The first-order valence-corrected chi connectivity index (χ1v) is 11.6. The first-order chi connectivity index (χ1) is 16.8. The van der Waals surface area contributed by atoms with Crippen LogP contribution < -0.4 is 25.5 Å². The molecule has 2 atom stereocenters. The number of hydrazone groups is 1. The summed E-state index contributed by atoms with van der Waals surface area (Å²) in [6.45, 7) is 3.70. The minimum absolute atomic E-state index is 0.108. The van der Waals surface area contributed by atoms with Crippen molar-refractivity contribution in [3.63, 3.8) is 0 Å². The maximum absolute atomic E-state index is 12.3. The van der Waals surface area contributed by atoms with E-state index in [-0.39, 0.29) is 12.2 Å². The smallest absolute Gasteiger partial charge is 0.337 e. The number of nitrogens with zero attached hydrogens (tertiary/aromatic N) is 1. The van der Waals surface area contributed by atoms with Gasteiger partial charge in [-0.25, -0.2) is 9.59 Å². The van der Waals surface area contributed by atoms with Crippen molar-refractivity contribution in [2.24, 2.45) is 5.10 Å². The first-order valence-electron chi connectivity index (χ1n) is 10.8. The SMILES string of the molecule is CCOc1cc([C@@H]2NC(=O)NC(C)=C2C(=O)OC)ccc1OC[C@H](O)N/N=C\c1ccccc1Br. The number of carbonyl (C=O) groups excluding carboxylic acids is 2. The molecule has 0 saturated heterocycles. The molecular weight excluding hydrogens is 520 g/mol. The summed E-state index contributed by atoms with van der Waals surface area (Å²) in [5.41, 5.74) is 4.74. The van der Waals surface area contributed by atoms with Crippen LogP contribution in [0, 0.1) is 0 Å². The Morgan fingerprint density at radius 2 is 2.03 bits per heavy atom. The molecule has 10 nitrogen and oxygen atoms in total. The van der Waals surface area contributed by atoms with Crippen LogP contribution in [0.2, 0.25) is 0 Å². The molecular formula is C24H27BrN4O6. The van der Waals surface area contributed by atoms with Crippen molar-refractivity contribution in [1.82, 2.24) is 16.1 Å². The lowest BCUT2D eigenvalue weighted by atomic mass is 9.95. The highest BCUT2D eigenvalue weighted by Gasteiger charge is 2.32. The summed E-state index contributed by atoms with van der Waals surface area (Å²) in [6, 6.07) is 11.4. The number of methoxy groups -OCH3 is 1. The van der Waals surface area contributed by atoms with E-state index < -0.39 is 24.3 Å². The van der Waals surface area contributed by atoms with Crippen LogP contribution in [0.25, 0.3) is 0 Å². The summed E-state index contributed by atoms with van der Waals surface area (Å²) in [5, 5.41) is 19.6.